The molecular formula is C28H28FN3O2. The Labute approximate surface area is 199 Å². The summed E-state index contributed by atoms with van der Waals surface area (Å²) < 4.78 is 20.9. The van der Waals surface area contributed by atoms with Gasteiger partial charge in [0.1, 0.15) is 11.6 Å². The van der Waals surface area contributed by atoms with E-state index in [0.717, 1.165) is 22.6 Å². The molecule has 0 saturated carbocycles. The molecule has 6 heteroatoms. The molecule has 4 rings (SSSR count). The molecule has 0 aliphatic heterocycles. The van der Waals surface area contributed by atoms with Crippen LogP contribution in [0.15, 0.2) is 97.2 Å². The van der Waals surface area contributed by atoms with Gasteiger partial charge in [-0.25, -0.2) is 9.18 Å². The number of nitrogens with zero attached hydrogens (tertiary/aromatic N) is 2. The lowest BCUT2D eigenvalue weighted by Crippen LogP contribution is -2.34. The van der Waals surface area contributed by atoms with Gasteiger partial charge >= 0.3 is 6.03 Å². The molecular weight excluding hydrogens is 429 g/mol. The first-order valence-electron chi connectivity index (χ1n) is 11.3. The summed E-state index contributed by atoms with van der Waals surface area (Å²) in [7, 11) is 0. The summed E-state index contributed by atoms with van der Waals surface area (Å²) in [4.78, 5) is 15.1. The number of benzene rings is 3. The largest absolute Gasteiger partial charge is 0.494 e. The maximum Gasteiger partial charge on any atom is 0.322 e. The number of nitrogens with one attached hydrogen (secondary N) is 1. The monoisotopic (exact) mass is 457 g/mol. The number of aromatic nitrogens is 1. The average molecular weight is 458 g/mol. The third-order valence-electron chi connectivity index (χ3n) is 5.46. The molecule has 0 fully saturated rings. The molecule has 34 heavy (non-hydrogen) atoms. The Morgan fingerprint density at radius 2 is 1.62 bits per heavy atom. The molecule has 3 aromatic carbocycles. The molecule has 0 unspecified atom stereocenters. The van der Waals surface area contributed by atoms with Crippen LogP contribution in [-0.4, -0.2) is 22.1 Å². The highest BCUT2D eigenvalue weighted by Crippen LogP contribution is 2.18. The maximum atomic E-state index is 13.3. The zero-order valence-corrected chi connectivity index (χ0v) is 19.2. The summed E-state index contributed by atoms with van der Waals surface area (Å²) >= 11 is 0. The lowest BCUT2D eigenvalue weighted by molar-refractivity contribution is 0.205. The van der Waals surface area contributed by atoms with Crippen molar-refractivity contribution in [3.8, 4) is 5.75 Å². The molecule has 0 bridgehead atoms. The van der Waals surface area contributed by atoms with E-state index >= 15 is 0 Å². The molecule has 1 aromatic heterocycles. The van der Waals surface area contributed by atoms with E-state index in [1.807, 2.05) is 79.9 Å². The molecule has 0 radical (unpaired) electrons. The van der Waals surface area contributed by atoms with Gasteiger partial charge in [0, 0.05) is 30.7 Å². The van der Waals surface area contributed by atoms with Crippen molar-refractivity contribution in [2.45, 2.75) is 26.6 Å². The van der Waals surface area contributed by atoms with E-state index in [1.165, 1.54) is 12.1 Å². The minimum absolute atomic E-state index is 0.192. The van der Waals surface area contributed by atoms with Crippen molar-refractivity contribution >= 4 is 11.7 Å². The minimum atomic E-state index is -0.253. The standard InChI is InChI=1S/C28H28FN3O2/c1-2-34-27-16-14-25(15-17-27)30-28(33)32(20-22-7-4-3-5-8-22)21-26-9-6-18-31(26)19-23-10-12-24(29)13-11-23/h3-18H,2,19-21H2,1H3,(H,30,33). The Kier molecular flexibility index (Phi) is 7.60. The maximum absolute atomic E-state index is 13.3. The van der Waals surface area contributed by atoms with Gasteiger partial charge < -0.3 is 19.5 Å². The smallest absolute Gasteiger partial charge is 0.322 e. The zero-order chi connectivity index (χ0) is 23.8. The predicted octanol–water partition coefficient (Wildman–Crippen LogP) is 6.31. The quantitative estimate of drug-likeness (QED) is 0.320. The van der Waals surface area contributed by atoms with E-state index < -0.39 is 0 Å². The summed E-state index contributed by atoms with van der Waals surface area (Å²) in [5, 5.41) is 3.00. The molecule has 0 spiro atoms. The Hall–Kier alpha value is -4.06. The first-order valence-corrected chi connectivity index (χ1v) is 11.3. The van der Waals surface area contributed by atoms with Gasteiger partial charge in [-0.05, 0) is 66.6 Å². The van der Waals surface area contributed by atoms with E-state index in [2.05, 4.69) is 9.88 Å². The summed E-state index contributed by atoms with van der Waals surface area (Å²) in [6.07, 6.45) is 1.98. The summed E-state index contributed by atoms with van der Waals surface area (Å²) in [5.74, 6) is 0.511. The minimum Gasteiger partial charge on any atom is -0.494 e. The fourth-order valence-electron chi connectivity index (χ4n) is 3.74. The van der Waals surface area contributed by atoms with Crippen LogP contribution in [0, 0.1) is 5.82 Å². The molecule has 5 nitrogen and oxygen atoms in total. The first-order chi connectivity index (χ1) is 16.6. The molecule has 174 valence electrons. The van der Waals surface area contributed by atoms with Crippen LogP contribution in [0.4, 0.5) is 14.9 Å². The van der Waals surface area contributed by atoms with E-state index in [1.54, 1.807) is 17.0 Å². The lowest BCUT2D eigenvalue weighted by Gasteiger charge is -2.24. The van der Waals surface area contributed by atoms with Crippen LogP contribution < -0.4 is 10.1 Å². The van der Waals surface area contributed by atoms with Gasteiger partial charge in [0.2, 0.25) is 0 Å². The second-order valence-electron chi connectivity index (χ2n) is 7.98. The number of rotatable bonds is 9. The van der Waals surface area contributed by atoms with Crippen molar-refractivity contribution < 1.29 is 13.9 Å². The van der Waals surface area contributed by atoms with Crippen molar-refractivity contribution in [3.05, 3.63) is 120 Å². The Balaban J connectivity index is 1.51. The normalized spacial score (nSPS) is 10.6. The van der Waals surface area contributed by atoms with Crippen molar-refractivity contribution in [1.82, 2.24) is 9.47 Å². The highest BCUT2D eigenvalue weighted by molar-refractivity contribution is 5.89. The fourth-order valence-corrected chi connectivity index (χ4v) is 3.74. The molecule has 0 saturated heterocycles. The van der Waals surface area contributed by atoms with Gasteiger partial charge in [-0.2, -0.15) is 0 Å². The average Bonchev–Trinajstić information content (AvgIpc) is 3.28. The highest BCUT2D eigenvalue weighted by atomic mass is 19.1. The molecule has 1 heterocycles. The number of anilines is 1. The van der Waals surface area contributed by atoms with E-state index in [9.17, 15) is 9.18 Å². The third-order valence-corrected chi connectivity index (χ3v) is 5.46. The topological polar surface area (TPSA) is 46.5 Å². The number of carbonyl (C=O) groups excluding carboxylic acids is 1. The van der Waals surface area contributed by atoms with E-state index in [-0.39, 0.29) is 11.8 Å². The van der Waals surface area contributed by atoms with Crippen molar-refractivity contribution in [2.24, 2.45) is 0 Å². The van der Waals surface area contributed by atoms with Crippen molar-refractivity contribution in [1.29, 1.82) is 0 Å². The number of amides is 2. The van der Waals surface area contributed by atoms with Gasteiger partial charge in [-0.15, -0.1) is 0 Å². The molecule has 0 aliphatic rings. The van der Waals surface area contributed by atoms with Gasteiger partial charge in [0.25, 0.3) is 0 Å². The van der Waals surface area contributed by atoms with Crippen molar-refractivity contribution in [2.75, 3.05) is 11.9 Å². The molecule has 1 N–H and O–H groups in total. The van der Waals surface area contributed by atoms with Crippen LogP contribution in [0.3, 0.4) is 0 Å². The fraction of sp³-hybridized carbons (Fsp3) is 0.179. The van der Waals surface area contributed by atoms with Crippen LogP contribution in [0.2, 0.25) is 0 Å². The van der Waals surface area contributed by atoms with Gasteiger partial charge in [0.05, 0.1) is 13.2 Å². The van der Waals surface area contributed by atoms with Gasteiger partial charge in [-0.1, -0.05) is 42.5 Å². The molecule has 0 aliphatic carbocycles. The predicted molar refractivity (Wildman–Crippen MR) is 132 cm³/mol. The Morgan fingerprint density at radius 1 is 0.882 bits per heavy atom. The number of ether oxygens (including phenoxy) is 1. The summed E-state index contributed by atoms with van der Waals surface area (Å²) in [6, 6.07) is 27.5. The summed E-state index contributed by atoms with van der Waals surface area (Å²) in [5.41, 5.74) is 3.73. The number of halogens is 1. The van der Waals surface area contributed by atoms with Crippen LogP contribution in [0.5, 0.6) is 5.75 Å². The molecule has 2 amide bonds. The second kappa shape index (κ2) is 11.2. The van der Waals surface area contributed by atoms with E-state index in [0.29, 0.717) is 31.9 Å². The highest BCUT2D eigenvalue weighted by Gasteiger charge is 2.17. The van der Waals surface area contributed by atoms with Crippen LogP contribution in [0.25, 0.3) is 0 Å². The first kappa shape index (κ1) is 23.1. The number of hydrogen-bond acceptors (Lipinski definition) is 2. The SMILES string of the molecule is CCOc1ccc(NC(=O)N(Cc2ccccc2)Cc2cccn2Cc2ccc(F)cc2)cc1. The Bertz CT molecular complexity index is 1190. The van der Waals surface area contributed by atoms with Crippen LogP contribution in [0.1, 0.15) is 23.7 Å². The summed E-state index contributed by atoms with van der Waals surface area (Å²) in [6.45, 7) is 4.01. The van der Waals surface area contributed by atoms with Gasteiger partial charge in [0.15, 0.2) is 0 Å². The second-order valence-corrected chi connectivity index (χ2v) is 7.98. The zero-order valence-electron chi connectivity index (χ0n) is 19.2. The lowest BCUT2D eigenvalue weighted by atomic mass is 10.2. The number of urea groups is 1. The van der Waals surface area contributed by atoms with Crippen LogP contribution in [-0.2, 0) is 19.6 Å². The van der Waals surface area contributed by atoms with Gasteiger partial charge in [-0.3, -0.25) is 0 Å². The Morgan fingerprint density at radius 3 is 2.32 bits per heavy atom. The van der Waals surface area contributed by atoms with Crippen molar-refractivity contribution in [3.63, 3.8) is 0 Å². The molecule has 4 aromatic rings. The third kappa shape index (κ3) is 6.25. The molecule has 0 atom stereocenters. The number of carbonyl (C=O) groups is 1. The number of hydrogen-bond donors (Lipinski definition) is 1. The van der Waals surface area contributed by atoms with Crippen LogP contribution >= 0.6 is 0 Å². The van der Waals surface area contributed by atoms with E-state index in [4.69, 9.17) is 4.74 Å².